The second-order valence-corrected chi connectivity index (χ2v) is 4.10. The highest BCUT2D eigenvalue weighted by Crippen LogP contribution is 2.13. The van der Waals surface area contributed by atoms with Gasteiger partial charge in [-0.1, -0.05) is 0 Å². The molecule has 1 saturated heterocycles. The molecule has 1 aromatic rings. The highest BCUT2D eigenvalue weighted by molar-refractivity contribution is 4.93. The standard InChI is InChI=1S/C10H18N4O/c1-8(10-13-11-7-14(10)2)12-9-4-3-5-15-6-9/h7-9,12H,3-6H2,1-2H3. The highest BCUT2D eigenvalue weighted by atomic mass is 16.5. The molecule has 0 aliphatic carbocycles. The first-order chi connectivity index (χ1) is 7.27. The van der Waals surface area contributed by atoms with Gasteiger partial charge in [0.1, 0.15) is 12.2 Å². The third-order valence-electron chi connectivity index (χ3n) is 2.78. The molecular formula is C10H18N4O. The van der Waals surface area contributed by atoms with Crippen molar-refractivity contribution in [3.63, 3.8) is 0 Å². The molecule has 2 rings (SSSR count). The van der Waals surface area contributed by atoms with Crippen LogP contribution in [0.4, 0.5) is 0 Å². The van der Waals surface area contributed by atoms with Gasteiger partial charge in [-0.15, -0.1) is 10.2 Å². The smallest absolute Gasteiger partial charge is 0.149 e. The zero-order chi connectivity index (χ0) is 10.7. The maximum atomic E-state index is 5.43. The van der Waals surface area contributed by atoms with Crippen LogP contribution in [0.15, 0.2) is 6.33 Å². The van der Waals surface area contributed by atoms with Crippen LogP contribution in [-0.2, 0) is 11.8 Å². The number of aryl methyl sites for hydroxylation is 1. The second kappa shape index (κ2) is 4.72. The van der Waals surface area contributed by atoms with E-state index < -0.39 is 0 Å². The molecule has 84 valence electrons. The van der Waals surface area contributed by atoms with Crippen molar-refractivity contribution in [2.24, 2.45) is 7.05 Å². The van der Waals surface area contributed by atoms with E-state index in [1.54, 1.807) is 6.33 Å². The summed E-state index contributed by atoms with van der Waals surface area (Å²) < 4.78 is 7.37. The van der Waals surface area contributed by atoms with Crippen molar-refractivity contribution < 1.29 is 4.74 Å². The van der Waals surface area contributed by atoms with Gasteiger partial charge in [0, 0.05) is 19.7 Å². The van der Waals surface area contributed by atoms with Crippen molar-refractivity contribution in [1.29, 1.82) is 0 Å². The Kier molecular flexibility index (Phi) is 3.33. The summed E-state index contributed by atoms with van der Waals surface area (Å²) >= 11 is 0. The highest BCUT2D eigenvalue weighted by Gasteiger charge is 2.18. The number of nitrogens with one attached hydrogen (secondary N) is 1. The Labute approximate surface area is 89.8 Å². The molecule has 0 spiro atoms. The van der Waals surface area contributed by atoms with E-state index in [0.717, 1.165) is 25.5 Å². The molecule has 0 aromatic carbocycles. The van der Waals surface area contributed by atoms with Gasteiger partial charge in [-0.25, -0.2) is 0 Å². The summed E-state index contributed by atoms with van der Waals surface area (Å²) in [4.78, 5) is 0. The lowest BCUT2D eigenvalue weighted by atomic mass is 10.1. The van der Waals surface area contributed by atoms with Crippen LogP contribution in [0.25, 0.3) is 0 Å². The van der Waals surface area contributed by atoms with E-state index in [0.29, 0.717) is 6.04 Å². The van der Waals surface area contributed by atoms with E-state index in [9.17, 15) is 0 Å². The van der Waals surface area contributed by atoms with Gasteiger partial charge in [0.2, 0.25) is 0 Å². The summed E-state index contributed by atoms with van der Waals surface area (Å²) in [5.74, 6) is 0.973. The van der Waals surface area contributed by atoms with Gasteiger partial charge in [-0.2, -0.15) is 0 Å². The van der Waals surface area contributed by atoms with Crippen LogP contribution < -0.4 is 5.32 Å². The van der Waals surface area contributed by atoms with E-state index in [1.165, 1.54) is 6.42 Å². The molecule has 0 radical (unpaired) electrons. The Morgan fingerprint density at radius 1 is 1.67 bits per heavy atom. The van der Waals surface area contributed by atoms with Gasteiger partial charge >= 0.3 is 0 Å². The fraction of sp³-hybridized carbons (Fsp3) is 0.800. The summed E-state index contributed by atoms with van der Waals surface area (Å²) in [6.45, 7) is 3.82. The predicted molar refractivity (Wildman–Crippen MR) is 56.4 cm³/mol. The third kappa shape index (κ3) is 2.54. The van der Waals surface area contributed by atoms with Gasteiger partial charge in [0.15, 0.2) is 0 Å². The molecule has 5 nitrogen and oxygen atoms in total. The number of nitrogens with zero attached hydrogens (tertiary/aromatic N) is 3. The normalized spacial score (nSPS) is 24.0. The maximum absolute atomic E-state index is 5.43. The maximum Gasteiger partial charge on any atom is 0.149 e. The molecule has 15 heavy (non-hydrogen) atoms. The van der Waals surface area contributed by atoms with Crippen molar-refractivity contribution >= 4 is 0 Å². The van der Waals surface area contributed by atoms with Gasteiger partial charge in [0.05, 0.1) is 12.6 Å². The minimum absolute atomic E-state index is 0.226. The number of hydrogen-bond acceptors (Lipinski definition) is 4. The Hall–Kier alpha value is -0.940. The summed E-state index contributed by atoms with van der Waals surface area (Å²) in [5.41, 5.74) is 0. The number of ether oxygens (including phenoxy) is 1. The first-order valence-corrected chi connectivity index (χ1v) is 5.45. The fourth-order valence-electron chi connectivity index (χ4n) is 1.98. The monoisotopic (exact) mass is 210 g/mol. The van der Waals surface area contributed by atoms with Gasteiger partial charge in [-0.05, 0) is 19.8 Å². The SMILES string of the molecule is CC(NC1CCCOC1)c1nncn1C. The summed E-state index contributed by atoms with van der Waals surface area (Å²) in [6, 6.07) is 0.676. The minimum atomic E-state index is 0.226. The Morgan fingerprint density at radius 3 is 3.13 bits per heavy atom. The number of hydrogen-bond donors (Lipinski definition) is 1. The molecule has 0 amide bonds. The predicted octanol–water partition coefficient (Wildman–Crippen LogP) is 0.645. The molecule has 5 heteroatoms. The summed E-state index contributed by atoms with van der Waals surface area (Å²) in [5, 5.41) is 11.5. The van der Waals surface area contributed by atoms with E-state index in [1.807, 2.05) is 11.6 Å². The van der Waals surface area contributed by atoms with Crippen molar-refractivity contribution in [1.82, 2.24) is 20.1 Å². The lowest BCUT2D eigenvalue weighted by Gasteiger charge is -2.26. The number of rotatable bonds is 3. The van der Waals surface area contributed by atoms with Crippen molar-refractivity contribution in [3.8, 4) is 0 Å². The van der Waals surface area contributed by atoms with Crippen LogP contribution in [0.3, 0.4) is 0 Å². The lowest BCUT2D eigenvalue weighted by molar-refractivity contribution is 0.0666. The first kappa shape index (κ1) is 10.6. The second-order valence-electron chi connectivity index (χ2n) is 4.10. The van der Waals surface area contributed by atoms with Crippen LogP contribution in [0.1, 0.15) is 31.6 Å². The molecule has 0 bridgehead atoms. The molecular weight excluding hydrogens is 192 g/mol. The van der Waals surface area contributed by atoms with Crippen LogP contribution in [0.5, 0.6) is 0 Å². The van der Waals surface area contributed by atoms with E-state index in [4.69, 9.17) is 4.74 Å². The van der Waals surface area contributed by atoms with E-state index in [-0.39, 0.29) is 6.04 Å². The zero-order valence-electron chi connectivity index (χ0n) is 9.31. The average Bonchev–Trinajstić information content (AvgIpc) is 2.66. The quantitative estimate of drug-likeness (QED) is 0.795. The minimum Gasteiger partial charge on any atom is -0.380 e. The molecule has 2 heterocycles. The van der Waals surface area contributed by atoms with Crippen molar-refractivity contribution in [2.45, 2.75) is 31.8 Å². The Balaban J connectivity index is 1.91. The molecule has 2 atom stereocenters. The molecule has 1 aliphatic rings. The third-order valence-corrected chi connectivity index (χ3v) is 2.78. The van der Waals surface area contributed by atoms with Crippen molar-refractivity contribution in [3.05, 3.63) is 12.2 Å². The van der Waals surface area contributed by atoms with Crippen molar-refractivity contribution in [2.75, 3.05) is 13.2 Å². The van der Waals surface area contributed by atoms with Crippen LogP contribution in [-0.4, -0.2) is 34.0 Å². The molecule has 0 saturated carbocycles. The first-order valence-electron chi connectivity index (χ1n) is 5.45. The van der Waals surface area contributed by atoms with Crippen LogP contribution in [0, 0.1) is 0 Å². The van der Waals surface area contributed by atoms with E-state index in [2.05, 4.69) is 22.4 Å². The summed E-state index contributed by atoms with van der Waals surface area (Å²) in [7, 11) is 1.96. The number of aromatic nitrogens is 3. The zero-order valence-corrected chi connectivity index (χ0v) is 9.31. The summed E-state index contributed by atoms with van der Waals surface area (Å²) in [6.07, 6.45) is 4.05. The van der Waals surface area contributed by atoms with Gasteiger partial charge < -0.3 is 14.6 Å². The molecule has 1 N–H and O–H groups in total. The Morgan fingerprint density at radius 2 is 2.53 bits per heavy atom. The van der Waals surface area contributed by atoms with Crippen LogP contribution in [0.2, 0.25) is 0 Å². The van der Waals surface area contributed by atoms with E-state index >= 15 is 0 Å². The average molecular weight is 210 g/mol. The lowest BCUT2D eigenvalue weighted by Crippen LogP contribution is -2.38. The van der Waals surface area contributed by atoms with Gasteiger partial charge in [0.25, 0.3) is 0 Å². The molecule has 1 aliphatic heterocycles. The molecule has 1 fully saturated rings. The largest absolute Gasteiger partial charge is 0.380 e. The van der Waals surface area contributed by atoms with Gasteiger partial charge in [-0.3, -0.25) is 0 Å². The fourth-order valence-corrected chi connectivity index (χ4v) is 1.98. The Bertz CT molecular complexity index is 306. The molecule has 1 aromatic heterocycles. The molecule has 2 unspecified atom stereocenters. The van der Waals surface area contributed by atoms with Crippen LogP contribution >= 0.6 is 0 Å². The topological polar surface area (TPSA) is 52.0 Å².